The molecule has 1 aromatic heterocycles. The van der Waals surface area contributed by atoms with E-state index >= 15 is 0 Å². The molecule has 0 aliphatic carbocycles. The lowest BCUT2D eigenvalue weighted by atomic mass is 10.0. The molecule has 21 N–H and O–H groups in total. The number of aliphatic hydroxyl groups is 2. The molecule has 6 amide bonds. The Morgan fingerprint density at radius 1 is 0.677 bits per heavy atom. The average Bonchev–Trinajstić information content (AvgIpc) is 3.71. The lowest BCUT2D eigenvalue weighted by Crippen LogP contribution is -2.61. The summed E-state index contributed by atoms with van der Waals surface area (Å²) < 4.78 is 0. The Kier molecular flexibility index (Phi) is 23.5. The number of nitrogens with zero attached hydrogens (tertiary/aromatic N) is 3. The summed E-state index contributed by atoms with van der Waals surface area (Å²) in [6.45, 7) is 3.45. The number of hydrogen-bond donors (Lipinski definition) is 16. The molecule has 0 radical (unpaired) electrons. The van der Waals surface area contributed by atoms with Crippen LogP contribution in [0.5, 0.6) is 0 Å². The zero-order valence-corrected chi connectivity index (χ0v) is 34.7. The van der Waals surface area contributed by atoms with Gasteiger partial charge in [-0.15, -0.1) is 0 Å². The highest BCUT2D eigenvalue weighted by Gasteiger charge is 2.35. The number of carbonyl (C=O) groups is 8. The van der Waals surface area contributed by atoms with Gasteiger partial charge in [0.1, 0.15) is 42.3 Å². The Morgan fingerprint density at radius 3 is 1.55 bits per heavy atom. The highest BCUT2D eigenvalue weighted by atomic mass is 16.4. The fourth-order valence-electron chi connectivity index (χ4n) is 5.45. The number of aromatic amines is 1. The predicted molar refractivity (Wildman–Crippen MR) is 220 cm³/mol. The summed E-state index contributed by atoms with van der Waals surface area (Å²) in [6.07, 6.45) is 0.0697. The fraction of sp³-hybridized carbons (Fsp3) is 0.629. The van der Waals surface area contributed by atoms with Crippen molar-refractivity contribution in [2.45, 2.75) is 114 Å². The average molecular weight is 884 g/mol. The monoisotopic (exact) mass is 883 g/mol. The Hall–Kier alpha value is -6.61. The van der Waals surface area contributed by atoms with Crippen LogP contribution in [0.2, 0.25) is 0 Å². The van der Waals surface area contributed by atoms with Crippen molar-refractivity contribution in [1.29, 1.82) is 0 Å². The van der Waals surface area contributed by atoms with Crippen LogP contribution in [-0.2, 0) is 44.8 Å². The number of aliphatic carboxylic acids is 2. The smallest absolute Gasteiger partial charge is 0.328 e. The summed E-state index contributed by atoms with van der Waals surface area (Å²) in [5.74, 6) is -9.76. The van der Waals surface area contributed by atoms with Crippen molar-refractivity contribution >= 4 is 59.3 Å². The van der Waals surface area contributed by atoms with Crippen LogP contribution in [-0.4, -0.2) is 158 Å². The van der Waals surface area contributed by atoms with Crippen LogP contribution in [0.15, 0.2) is 22.5 Å². The summed E-state index contributed by atoms with van der Waals surface area (Å²) >= 11 is 0. The maximum absolute atomic E-state index is 13.9. The van der Waals surface area contributed by atoms with Gasteiger partial charge in [-0.2, -0.15) is 0 Å². The molecule has 0 saturated heterocycles. The molecule has 62 heavy (non-hydrogen) atoms. The second-order valence-corrected chi connectivity index (χ2v) is 14.4. The van der Waals surface area contributed by atoms with Gasteiger partial charge in [0, 0.05) is 37.8 Å². The van der Waals surface area contributed by atoms with Gasteiger partial charge in [-0.1, -0.05) is 13.8 Å². The minimum absolute atomic E-state index is 0.0220. The first-order chi connectivity index (χ1) is 29.1. The number of aliphatic hydroxyl groups excluding tert-OH is 2. The van der Waals surface area contributed by atoms with Gasteiger partial charge in [-0.25, -0.2) is 9.78 Å². The SMILES string of the molecule is CC(C)[C@H](NC(=O)[C@H](CCC(=O)O)NC(=O)[C@H](CCCN=C(N)N)NC(=O)[C@@H](N)[C@@H](C)O)C(=O)N[C@@H](Cc1cnc[nH]1)C(=O)N[C@@H](CCCN=C(N)N)C(=O)N[C@@H](CO)C(=O)O. The second-order valence-electron chi connectivity index (χ2n) is 14.4. The van der Waals surface area contributed by atoms with E-state index in [-0.39, 0.29) is 57.1 Å². The minimum Gasteiger partial charge on any atom is -0.481 e. The van der Waals surface area contributed by atoms with Gasteiger partial charge >= 0.3 is 11.9 Å². The number of carboxylic acids is 2. The van der Waals surface area contributed by atoms with E-state index in [2.05, 4.69) is 51.9 Å². The molecular formula is C35H61N15O12. The van der Waals surface area contributed by atoms with Crippen molar-refractivity contribution in [2.75, 3.05) is 19.7 Å². The lowest BCUT2D eigenvalue weighted by molar-refractivity contribution is -0.143. The molecule has 0 fully saturated rings. The molecule has 0 unspecified atom stereocenters. The number of imidazole rings is 1. The van der Waals surface area contributed by atoms with Crippen LogP contribution in [0.1, 0.15) is 65.0 Å². The number of nitrogens with one attached hydrogen (secondary N) is 7. The zero-order chi connectivity index (χ0) is 47.1. The molecule has 1 aromatic rings. The van der Waals surface area contributed by atoms with E-state index in [4.69, 9.17) is 28.7 Å². The first-order valence-corrected chi connectivity index (χ1v) is 19.5. The summed E-state index contributed by atoms with van der Waals surface area (Å²) in [6, 6.07) is -10.4. The van der Waals surface area contributed by atoms with Crippen LogP contribution in [0, 0.1) is 5.92 Å². The molecular weight excluding hydrogens is 822 g/mol. The minimum atomic E-state index is -1.71. The van der Waals surface area contributed by atoms with Crippen molar-refractivity contribution in [2.24, 2.45) is 44.6 Å². The topological polar surface area (TPSA) is 473 Å². The molecule has 0 aromatic carbocycles. The van der Waals surface area contributed by atoms with E-state index in [0.29, 0.717) is 5.69 Å². The predicted octanol–water partition coefficient (Wildman–Crippen LogP) is -6.73. The molecule has 27 heteroatoms. The number of guanidine groups is 2. The quantitative estimate of drug-likeness (QED) is 0.0202. The number of H-pyrrole nitrogens is 1. The van der Waals surface area contributed by atoms with E-state index in [9.17, 15) is 58.8 Å². The van der Waals surface area contributed by atoms with Crippen LogP contribution < -0.4 is 60.6 Å². The molecule has 1 rings (SSSR count). The maximum Gasteiger partial charge on any atom is 0.328 e. The third-order valence-electron chi connectivity index (χ3n) is 8.91. The number of rotatable bonds is 29. The number of aromatic nitrogens is 2. The van der Waals surface area contributed by atoms with Gasteiger partial charge < -0.3 is 86.0 Å². The lowest BCUT2D eigenvalue weighted by Gasteiger charge is -2.29. The Labute approximate surface area is 356 Å². The molecule has 0 aliphatic heterocycles. The largest absolute Gasteiger partial charge is 0.481 e. The summed E-state index contributed by atoms with van der Waals surface area (Å²) in [5, 5.41) is 52.5. The van der Waals surface area contributed by atoms with E-state index < -0.39 is 121 Å². The fourth-order valence-corrected chi connectivity index (χ4v) is 5.45. The van der Waals surface area contributed by atoms with Crippen molar-refractivity contribution < 1.29 is 58.8 Å². The molecule has 1 heterocycles. The van der Waals surface area contributed by atoms with Crippen LogP contribution in [0.3, 0.4) is 0 Å². The Bertz CT molecular complexity index is 1720. The van der Waals surface area contributed by atoms with Crippen molar-refractivity contribution in [3.8, 4) is 0 Å². The number of nitrogens with two attached hydrogens (primary N) is 5. The molecule has 27 nitrogen and oxygen atoms in total. The van der Waals surface area contributed by atoms with E-state index in [1.165, 1.54) is 19.4 Å². The van der Waals surface area contributed by atoms with Gasteiger partial charge in [0.05, 0.1) is 19.0 Å². The summed E-state index contributed by atoms with van der Waals surface area (Å²) in [4.78, 5) is 119. The van der Waals surface area contributed by atoms with Crippen LogP contribution in [0.25, 0.3) is 0 Å². The van der Waals surface area contributed by atoms with Gasteiger partial charge in [0.15, 0.2) is 11.9 Å². The molecule has 348 valence electrons. The molecule has 0 aliphatic rings. The third-order valence-corrected chi connectivity index (χ3v) is 8.91. The number of aliphatic imine (C=N–C) groups is 2. The van der Waals surface area contributed by atoms with Crippen molar-refractivity contribution in [3.63, 3.8) is 0 Å². The van der Waals surface area contributed by atoms with Crippen LogP contribution >= 0.6 is 0 Å². The van der Waals surface area contributed by atoms with Crippen LogP contribution in [0.4, 0.5) is 0 Å². The normalized spacial score (nSPS) is 14.8. The van der Waals surface area contributed by atoms with Crippen molar-refractivity contribution in [3.05, 3.63) is 18.2 Å². The highest BCUT2D eigenvalue weighted by Crippen LogP contribution is 2.10. The third kappa shape index (κ3) is 20.1. The molecule has 0 bridgehead atoms. The van der Waals surface area contributed by atoms with E-state index in [1.54, 1.807) is 13.8 Å². The summed E-state index contributed by atoms with van der Waals surface area (Å²) in [5.41, 5.74) is 27.5. The summed E-state index contributed by atoms with van der Waals surface area (Å²) in [7, 11) is 0. The standard InChI is InChI=1S/C35H61N15O12/c1-16(2)26(50-29(57)21(8-9-24(53)54)46-27(55)20(7-5-11-43-35(39)40)47-31(59)25(36)17(3)52)32(60)48-22(12-18-13-41-15-44-18)30(58)45-19(6-4-10-42-34(37)38)28(56)49-23(14-51)33(61)62/h13,15-17,19-23,25-26,51-52H,4-12,14,36H2,1-3H3,(H,41,44)(H,45,58)(H,46,55)(H,47,59)(H,48,60)(H,49,56)(H,50,57)(H,53,54)(H,61,62)(H4,37,38,42)(H4,39,40,43)/t17-,19+,20+,21+,22+,23+,25+,26+/m1/s1. The first-order valence-electron chi connectivity index (χ1n) is 19.5. The molecule has 8 atom stereocenters. The second kappa shape index (κ2) is 27.3. The Balaban J connectivity index is 3.44. The van der Waals surface area contributed by atoms with Gasteiger partial charge in [0.25, 0.3) is 0 Å². The number of carbonyl (C=O) groups excluding carboxylic acids is 6. The number of hydrogen-bond acceptors (Lipinski definition) is 14. The highest BCUT2D eigenvalue weighted by molar-refractivity contribution is 5.97. The van der Waals surface area contributed by atoms with Gasteiger partial charge in [-0.05, 0) is 44.9 Å². The number of carboxylic acid groups (broad SMARTS) is 2. The van der Waals surface area contributed by atoms with E-state index in [1.807, 2.05) is 0 Å². The first kappa shape index (κ1) is 53.4. The number of amides is 6. The van der Waals surface area contributed by atoms with Gasteiger partial charge in [0.2, 0.25) is 35.4 Å². The van der Waals surface area contributed by atoms with Gasteiger partial charge in [-0.3, -0.25) is 43.5 Å². The molecule has 0 saturated carbocycles. The Morgan fingerprint density at radius 2 is 1.13 bits per heavy atom. The molecule has 0 spiro atoms. The van der Waals surface area contributed by atoms with Crippen molar-refractivity contribution in [1.82, 2.24) is 41.9 Å². The maximum atomic E-state index is 13.9. The van der Waals surface area contributed by atoms with E-state index in [0.717, 1.165) is 0 Å². The zero-order valence-electron chi connectivity index (χ0n) is 34.7.